The molecule has 1 aromatic carbocycles. The Morgan fingerprint density at radius 3 is 2.36 bits per heavy atom. The molecule has 0 heterocycles. The second-order valence-electron chi connectivity index (χ2n) is 2.08. The van der Waals surface area contributed by atoms with Gasteiger partial charge in [-0.05, 0) is 22.9 Å². The zero-order valence-electron chi connectivity index (χ0n) is 5.78. The Balaban J connectivity index is 2.81. The summed E-state index contributed by atoms with van der Waals surface area (Å²) in [4.78, 5) is 19.9. The van der Waals surface area contributed by atoms with Crippen molar-refractivity contribution < 1.29 is 4.79 Å². The summed E-state index contributed by atoms with van der Waals surface area (Å²) >= 11 is 0. The highest BCUT2D eigenvalue weighted by molar-refractivity contribution is 5.56. The van der Waals surface area contributed by atoms with Crippen molar-refractivity contribution in [3.05, 3.63) is 34.7 Å². The van der Waals surface area contributed by atoms with E-state index >= 15 is 0 Å². The van der Waals surface area contributed by atoms with E-state index in [0.29, 0.717) is 5.69 Å². The molecule has 0 aromatic heterocycles. The zero-order chi connectivity index (χ0) is 8.10. The number of nitrogens with zero attached hydrogens (tertiary/aromatic N) is 1. The average Bonchev–Trinajstić information content (AvgIpc) is 2.07. The van der Waals surface area contributed by atoms with Crippen LogP contribution in [0.15, 0.2) is 29.4 Å². The quantitative estimate of drug-likeness (QED) is 0.613. The molecule has 1 radical (unpaired) electrons. The van der Waals surface area contributed by atoms with E-state index in [-0.39, 0.29) is 6.42 Å². The van der Waals surface area contributed by atoms with Gasteiger partial charge in [-0.1, -0.05) is 12.1 Å². The van der Waals surface area contributed by atoms with Gasteiger partial charge in [0.1, 0.15) is 5.69 Å². The highest BCUT2D eigenvalue weighted by atomic mass is 16.3. The summed E-state index contributed by atoms with van der Waals surface area (Å²) in [6, 6.07) is 6.50. The van der Waals surface area contributed by atoms with Gasteiger partial charge in [-0.25, -0.2) is 0 Å². The SMILES string of the molecule is O=[C]Cc1ccc(N=O)cc1. The van der Waals surface area contributed by atoms with Gasteiger partial charge in [0.05, 0.1) is 0 Å². The summed E-state index contributed by atoms with van der Waals surface area (Å²) in [6.07, 6.45) is 2.03. The van der Waals surface area contributed by atoms with Crippen LogP contribution in [0.5, 0.6) is 0 Å². The lowest BCUT2D eigenvalue weighted by Crippen LogP contribution is -1.82. The number of rotatable bonds is 3. The van der Waals surface area contributed by atoms with Gasteiger partial charge >= 0.3 is 0 Å². The first-order chi connectivity index (χ1) is 5.36. The fraction of sp³-hybridized carbons (Fsp3) is 0.125. The predicted molar refractivity (Wildman–Crippen MR) is 41.3 cm³/mol. The van der Waals surface area contributed by atoms with E-state index in [1.807, 2.05) is 0 Å². The predicted octanol–water partition coefficient (Wildman–Crippen LogP) is 1.74. The molecule has 1 aromatic rings. The molecule has 0 spiro atoms. The Kier molecular flexibility index (Phi) is 2.49. The van der Waals surface area contributed by atoms with Crippen LogP contribution in [0.25, 0.3) is 0 Å². The third kappa shape index (κ3) is 1.97. The molecule has 0 aliphatic heterocycles. The summed E-state index contributed by atoms with van der Waals surface area (Å²) in [5, 5.41) is 2.72. The molecule has 0 N–H and O–H groups in total. The molecule has 0 aliphatic carbocycles. The molecule has 3 heteroatoms. The maximum Gasteiger partial charge on any atom is 0.203 e. The molecule has 0 unspecified atom stereocenters. The highest BCUT2D eigenvalue weighted by Gasteiger charge is 1.92. The number of carbonyl (C=O) groups excluding carboxylic acids is 1. The molecule has 3 nitrogen and oxygen atoms in total. The van der Waals surface area contributed by atoms with Crippen molar-refractivity contribution in [1.82, 2.24) is 0 Å². The van der Waals surface area contributed by atoms with E-state index in [1.165, 1.54) is 0 Å². The minimum Gasteiger partial charge on any atom is -0.291 e. The topological polar surface area (TPSA) is 46.5 Å². The molecule has 0 saturated heterocycles. The minimum atomic E-state index is 0.263. The van der Waals surface area contributed by atoms with Crippen molar-refractivity contribution in [2.24, 2.45) is 5.18 Å². The number of nitroso groups, excluding NO2 is 1. The van der Waals surface area contributed by atoms with Crippen molar-refractivity contribution >= 4 is 12.0 Å². The van der Waals surface area contributed by atoms with Gasteiger partial charge in [-0.3, -0.25) is 4.79 Å². The summed E-state index contributed by atoms with van der Waals surface area (Å²) in [5.41, 5.74) is 1.21. The molecule has 11 heavy (non-hydrogen) atoms. The molecule has 0 amide bonds. The van der Waals surface area contributed by atoms with Gasteiger partial charge in [-0.15, -0.1) is 4.91 Å². The monoisotopic (exact) mass is 148 g/mol. The summed E-state index contributed by atoms with van der Waals surface area (Å²) in [6.45, 7) is 0. The Morgan fingerprint density at radius 1 is 1.27 bits per heavy atom. The summed E-state index contributed by atoms with van der Waals surface area (Å²) in [5.74, 6) is 0. The first kappa shape index (κ1) is 7.60. The van der Waals surface area contributed by atoms with Crippen molar-refractivity contribution in [1.29, 1.82) is 0 Å². The van der Waals surface area contributed by atoms with Crippen LogP contribution in [-0.4, -0.2) is 6.29 Å². The van der Waals surface area contributed by atoms with Crippen LogP contribution in [0, 0.1) is 4.91 Å². The van der Waals surface area contributed by atoms with Crippen LogP contribution in [0.3, 0.4) is 0 Å². The Bertz CT molecular complexity index is 253. The normalized spacial score (nSPS) is 9.09. The first-order valence-electron chi connectivity index (χ1n) is 3.14. The zero-order valence-corrected chi connectivity index (χ0v) is 5.78. The van der Waals surface area contributed by atoms with Gasteiger partial charge in [0, 0.05) is 6.42 Å². The van der Waals surface area contributed by atoms with Gasteiger partial charge < -0.3 is 0 Å². The van der Waals surface area contributed by atoms with Crippen molar-refractivity contribution in [3.63, 3.8) is 0 Å². The van der Waals surface area contributed by atoms with Crippen LogP contribution in [0.1, 0.15) is 5.56 Å². The van der Waals surface area contributed by atoms with Crippen LogP contribution in [-0.2, 0) is 11.2 Å². The molecule has 0 bridgehead atoms. The maximum absolute atomic E-state index is 9.95. The summed E-state index contributed by atoms with van der Waals surface area (Å²) < 4.78 is 0. The standard InChI is InChI=1S/C8H6NO2/c10-6-5-7-1-3-8(9-11)4-2-7/h1-4H,5H2. The van der Waals surface area contributed by atoms with E-state index in [9.17, 15) is 9.70 Å². The van der Waals surface area contributed by atoms with E-state index in [2.05, 4.69) is 5.18 Å². The molecule has 0 atom stereocenters. The molecule has 0 fully saturated rings. The van der Waals surface area contributed by atoms with Gasteiger partial charge in [0.2, 0.25) is 6.29 Å². The molecular formula is C8H6NO2. The van der Waals surface area contributed by atoms with Gasteiger partial charge in [0.25, 0.3) is 0 Å². The molecule has 55 valence electrons. The van der Waals surface area contributed by atoms with Crippen molar-refractivity contribution in [3.8, 4) is 0 Å². The van der Waals surface area contributed by atoms with Crippen LogP contribution in [0.4, 0.5) is 5.69 Å². The summed E-state index contributed by atoms with van der Waals surface area (Å²) in [7, 11) is 0. The third-order valence-electron chi connectivity index (χ3n) is 1.32. The Hall–Kier alpha value is -1.51. The highest BCUT2D eigenvalue weighted by Crippen LogP contribution is 2.11. The second-order valence-corrected chi connectivity index (χ2v) is 2.08. The van der Waals surface area contributed by atoms with Gasteiger partial charge in [-0.2, -0.15) is 0 Å². The largest absolute Gasteiger partial charge is 0.291 e. The van der Waals surface area contributed by atoms with Crippen molar-refractivity contribution in [2.75, 3.05) is 0 Å². The minimum absolute atomic E-state index is 0.263. The maximum atomic E-state index is 9.95. The third-order valence-corrected chi connectivity index (χ3v) is 1.32. The van der Waals surface area contributed by atoms with E-state index in [4.69, 9.17) is 0 Å². The van der Waals surface area contributed by atoms with E-state index in [1.54, 1.807) is 30.6 Å². The van der Waals surface area contributed by atoms with Gasteiger partial charge in [0.15, 0.2) is 0 Å². The lowest BCUT2D eigenvalue weighted by Gasteiger charge is -1.92. The fourth-order valence-corrected chi connectivity index (χ4v) is 0.758. The van der Waals surface area contributed by atoms with Crippen LogP contribution < -0.4 is 0 Å². The smallest absolute Gasteiger partial charge is 0.203 e. The lowest BCUT2D eigenvalue weighted by molar-refractivity contribution is 0.555. The molecule has 0 saturated carbocycles. The fourth-order valence-electron chi connectivity index (χ4n) is 0.758. The molecule has 0 aliphatic rings. The van der Waals surface area contributed by atoms with E-state index in [0.717, 1.165) is 5.56 Å². The van der Waals surface area contributed by atoms with Crippen molar-refractivity contribution in [2.45, 2.75) is 6.42 Å². The van der Waals surface area contributed by atoms with Crippen LogP contribution in [0.2, 0.25) is 0 Å². The first-order valence-corrected chi connectivity index (χ1v) is 3.14. The molecular weight excluding hydrogens is 142 g/mol. The second kappa shape index (κ2) is 3.61. The number of hydrogen-bond donors (Lipinski definition) is 0. The molecule has 1 rings (SSSR count). The Morgan fingerprint density at radius 2 is 1.91 bits per heavy atom. The average molecular weight is 148 g/mol. The lowest BCUT2D eigenvalue weighted by atomic mass is 10.1. The van der Waals surface area contributed by atoms with E-state index < -0.39 is 0 Å². The van der Waals surface area contributed by atoms with Crippen LogP contribution >= 0.6 is 0 Å². The number of benzene rings is 1. The Labute approximate surface area is 64.0 Å². The number of hydrogen-bond acceptors (Lipinski definition) is 3.